The van der Waals surface area contributed by atoms with Gasteiger partial charge in [0.05, 0.1) is 105 Å². The van der Waals surface area contributed by atoms with Gasteiger partial charge in [0, 0.05) is 66.9 Å². The summed E-state index contributed by atoms with van der Waals surface area (Å²) in [5, 5.41) is 0. The number of hydrogen-bond acceptors (Lipinski definition) is 16. The van der Waals surface area contributed by atoms with Crippen LogP contribution in [0.4, 0.5) is 13.2 Å². The number of likely N-dealkylation sites (tertiary alicyclic amines) is 3. The molecule has 106 heavy (non-hydrogen) atoms. The molecule has 3 saturated heterocycles. The zero-order valence-electron chi connectivity index (χ0n) is 59.1. The first-order chi connectivity index (χ1) is 51.5. The molecule has 0 unspecified atom stereocenters. The summed E-state index contributed by atoms with van der Waals surface area (Å²) in [7, 11) is 5.82. The highest BCUT2D eigenvalue weighted by molar-refractivity contribution is 5.89. The highest BCUT2D eigenvalue weighted by Crippen LogP contribution is 2.42. The third-order valence-corrected chi connectivity index (χ3v) is 18.7. The van der Waals surface area contributed by atoms with Crippen molar-refractivity contribution < 1.29 is 60.7 Å². The van der Waals surface area contributed by atoms with E-state index in [2.05, 4.69) is 39.1 Å². The standard InChI is InChI=1S/C27H25FN4O4.2C27H25FN4O3/c1-4-23(33)31-13-12-18(16-31)27-30-26(20-14-29-15-24(35-3)32(20)27)17-8-10-19(11-9-17)36-22-7-5-6-21(34-2)25(22)28;1-4-24(33)31-14-6-7-20(31)27-30-26(21-15-29-17(2)16-32(21)27)18-10-12-19(13-11-18)35-23-9-5-8-22(34-3)25(23)28;1-4-24(33)31-14-6-7-20(31)27-30-26(21-16-29-15-17(2)32(21)27)18-10-12-19(13-11-18)35-23-9-5-8-22(34-3)25(23)28/h4-11,14-15,18H,1,12-13,16H2,2-3H3;2*4-5,8-13,15-16,20H,1,6-7,14H2,2-3H3/t18-;2*20-/m100/s1. The Bertz CT molecular complexity index is 5300. The summed E-state index contributed by atoms with van der Waals surface area (Å²) in [6, 6.07) is 35.8. The van der Waals surface area contributed by atoms with Gasteiger partial charge >= 0.3 is 0 Å². The van der Waals surface area contributed by atoms with Crippen LogP contribution in [0.15, 0.2) is 203 Å². The van der Waals surface area contributed by atoms with Crippen molar-refractivity contribution >= 4 is 34.3 Å². The summed E-state index contributed by atoms with van der Waals surface area (Å²) in [5.74, 6) is 3.08. The smallest absolute Gasteiger partial charge is 0.246 e. The first-order valence-electron chi connectivity index (χ1n) is 34.2. The van der Waals surface area contributed by atoms with Gasteiger partial charge < -0.3 is 47.9 Å². The van der Waals surface area contributed by atoms with Gasteiger partial charge in [-0.25, -0.2) is 15.0 Å². The molecule has 6 aromatic heterocycles. The van der Waals surface area contributed by atoms with Crippen molar-refractivity contribution in [3.63, 3.8) is 0 Å². The third-order valence-electron chi connectivity index (χ3n) is 18.7. The summed E-state index contributed by atoms with van der Waals surface area (Å²) in [6.45, 7) is 17.3. The molecule has 0 N–H and O–H groups in total. The summed E-state index contributed by atoms with van der Waals surface area (Å²) in [5.41, 5.74) is 9.06. The van der Waals surface area contributed by atoms with Crippen LogP contribution < -0.4 is 33.2 Å². The second-order valence-corrected chi connectivity index (χ2v) is 25.1. The Hall–Kier alpha value is -12.8. The Balaban J connectivity index is 0.000000141. The number of ether oxygens (including phenoxy) is 7. The van der Waals surface area contributed by atoms with Gasteiger partial charge in [0.15, 0.2) is 34.5 Å². The minimum absolute atomic E-state index is 0.0325. The predicted molar refractivity (Wildman–Crippen MR) is 392 cm³/mol. The van der Waals surface area contributed by atoms with Crippen molar-refractivity contribution in [2.75, 3.05) is 54.6 Å². The highest BCUT2D eigenvalue weighted by atomic mass is 19.1. The van der Waals surface area contributed by atoms with Crippen LogP contribution in [0.25, 0.3) is 50.3 Å². The minimum atomic E-state index is -0.562. The molecule has 12 aromatic rings. The van der Waals surface area contributed by atoms with Gasteiger partial charge in [-0.15, -0.1) is 0 Å². The molecule has 540 valence electrons. The fourth-order valence-electron chi connectivity index (χ4n) is 13.6. The molecular weight excluding hydrogens is 1360 g/mol. The Labute approximate surface area is 608 Å². The van der Waals surface area contributed by atoms with E-state index < -0.39 is 17.5 Å². The van der Waals surface area contributed by atoms with Gasteiger partial charge in [0.2, 0.25) is 41.1 Å². The molecule has 0 radical (unpaired) electrons. The number of rotatable bonds is 19. The number of methoxy groups -OCH3 is 4. The number of carbonyl (C=O) groups is 3. The van der Waals surface area contributed by atoms with Crippen LogP contribution in [0.1, 0.15) is 79.0 Å². The van der Waals surface area contributed by atoms with Gasteiger partial charge in [-0.3, -0.25) is 42.5 Å². The summed E-state index contributed by atoms with van der Waals surface area (Å²) < 4.78 is 87.3. The molecule has 3 fully saturated rings. The maximum absolute atomic E-state index is 14.5. The molecule has 6 aromatic carbocycles. The molecule has 25 heteroatoms. The molecule has 3 amide bonds. The van der Waals surface area contributed by atoms with E-state index in [0.717, 1.165) is 111 Å². The number of aromatic nitrogens is 9. The van der Waals surface area contributed by atoms with Crippen LogP contribution in [0.2, 0.25) is 0 Å². The normalized spacial score (nSPS) is 15.3. The number of imidazole rings is 3. The molecule has 22 nitrogen and oxygen atoms in total. The second kappa shape index (κ2) is 31.4. The zero-order valence-corrected chi connectivity index (χ0v) is 59.1. The first-order valence-corrected chi connectivity index (χ1v) is 34.2. The van der Waals surface area contributed by atoms with Crippen LogP contribution in [-0.4, -0.2) is 130 Å². The van der Waals surface area contributed by atoms with Crippen molar-refractivity contribution in [3.05, 3.63) is 249 Å². The van der Waals surface area contributed by atoms with Gasteiger partial charge in [-0.2, -0.15) is 13.2 Å². The Kier molecular flexibility index (Phi) is 21.2. The summed E-state index contributed by atoms with van der Waals surface area (Å²) in [4.78, 5) is 70.6. The zero-order chi connectivity index (χ0) is 74.3. The fourth-order valence-corrected chi connectivity index (χ4v) is 13.6. The highest BCUT2D eigenvalue weighted by Gasteiger charge is 2.36. The van der Waals surface area contributed by atoms with Crippen molar-refractivity contribution in [1.82, 2.24) is 57.8 Å². The van der Waals surface area contributed by atoms with Crippen molar-refractivity contribution in [1.29, 1.82) is 0 Å². The van der Waals surface area contributed by atoms with Crippen LogP contribution >= 0.6 is 0 Å². The van der Waals surface area contributed by atoms with E-state index in [1.165, 1.54) is 57.8 Å². The predicted octanol–water partition coefficient (Wildman–Crippen LogP) is 15.8. The van der Waals surface area contributed by atoms with Crippen LogP contribution in [-0.2, 0) is 14.4 Å². The summed E-state index contributed by atoms with van der Waals surface area (Å²) >= 11 is 0. The lowest BCUT2D eigenvalue weighted by molar-refractivity contribution is -0.127. The molecule has 3 aliphatic heterocycles. The molecule has 0 spiro atoms. The SMILES string of the molecule is C=CC(=O)N1CCC[C@H]1c1nc(-c2ccc(Oc3cccc(OC)c3F)cc2)c2cnc(C)cn12.C=CC(=O)N1CCC[C@H]1c1nc(-c2ccc(Oc3cccc(OC)c3F)cc2)c2cncc(C)n12.C=CC(=O)N1CC[C@@H](c2nc(-c3ccc(Oc4cccc(OC)c4F)cc3)c3cncc(OC)n23)C1. The topological polar surface area (TPSA) is 216 Å². The van der Waals surface area contributed by atoms with Gasteiger partial charge in [0.1, 0.15) is 34.7 Å². The number of benzene rings is 6. The second-order valence-electron chi connectivity index (χ2n) is 25.1. The lowest BCUT2D eigenvalue weighted by Gasteiger charge is -2.22. The van der Waals surface area contributed by atoms with Crippen molar-refractivity contribution in [3.8, 4) is 91.4 Å². The Morgan fingerprint density at radius 2 is 0.887 bits per heavy atom. The Morgan fingerprint density at radius 3 is 1.35 bits per heavy atom. The molecule has 9 heterocycles. The third kappa shape index (κ3) is 14.4. The molecule has 3 atom stereocenters. The molecule has 0 bridgehead atoms. The number of nitrogens with zero attached hydrogens (tertiary/aromatic N) is 12. The number of carbonyl (C=O) groups excluding carboxylic acids is 3. The van der Waals surface area contributed by atoms with E-state index in [4.69, 9.17) is 48.1 Å². The molecule has 0 aliphatic carbocycles. The number of amides is 3. The lowest BCUT2D eigenvalue weighted by Crippen LogP contribution is -2.30. The maximum Gasteiger partial charge on any atom is 0.246 e. The monoisotopic (exact) mass is 1430 g/mol. The van der Waals surface area contributed by atoms with E-state index >= 15 is 0 Å². The van der Waals surface area contributed by atoms with Gasteiger partial charge in [0.25, 0.3) is 0 Å². The van der Waals surface area contributed by atoms with E-state index in [1.807, 2.05) is 75.0 Å². The molecular formula is C81H75F3N12O10. The van der Waals surface area contributed by atoms with Crippen LogP contribution in [0.3, 0.4) is 0 Å². The maximum atomic E-state index is 14.5. The minimum Gasteiger partial charge on any atom is -0.494 e. The van der Waals surface area contributed by atoms with Crippen LogP contribution in [0.5, 0.6) is 57.6 Å². The number of aryl methyl sites for hydroxylation is 2. The molecule has 15 rings (SSSR count). The quantitative estimate of drug-likeness (QED) is 0.0688. The average Bonchev–Trinajstić information content (AvgIpc) is 1.62. The Morgan fingerprint density at radius 1 is 0.462 bits per heavy atom. The van der Waals surface area contributed by atoms with Crippen LogP contribution in [0, 0.1) is 31.3 Å². The molecule has 0 saturated carbocycles. The number of halogens is 3. The van der Waals surface area contributed by atoms with E-state index in [0.29, 0.717) is 49.3 Å². The van der Waals surface area contributed by atoms with E-state index in [9.17, 15) is 27.6 Å². The first kappa shape index (κ1) is 71.6. The average molecular weight is 1430 g/mol. The van der Waals surface area contributed by atoms with E-state index in [-0.39, 0.29) is 70.2 Å². The van der Waals surface area contributed by atoms with Crippen molar-refractivity contribution in [2.45, 2.75) is 64.0 Å². The van der Waals surface area contributed by atoms with Gasteiger partial charge in [-0.1, -0.05) is 37.9 Å². The summed E-state index contributed by atoms with van der Waals surface area (Å²) in [6.07, 6.45) is 19.0. The van der Waals surface area contributed by atoms with E-state index in [1.54, 1.807) is 116 Å². The number of fused-ring (bicyclic) bond motifs is 3. The fraction of sp³-hybridized carbons (Fsp3) is 0.222. The lowest BCUT2D eigenvalue weighted by atomic mass is 10.1. The molecule has 3 aliphatic rings. The largest absolute Gasteiger partial charge is 0.494 e. The van der Waals surface area contributed by atoms with Crippen molar-refractivity contribution in [2.24, 2.45) is 0 Å². The number of hydrogen-bond donors (Lipinski definition) is 0. The van der Waals surface area contributed by atoms with Gasteiger partial charge in [-0.05, 0) is 173 Å².